The van der Waals surface area contributed by atoms with Crippen LogP contribution in [0.2, 0.25) is 5.02 Å². The van der Waals surface area contributed by atoms with Gasteiger partial charge in [-0.2, -0.15) is 0 Å². The number of anilines is 1. The molecule has 0 saturated carbocycles. The molecular weight excluding hydrogens is 622 g/mol. The molecule has 10 heteroatoms. The van der Waals surface area contributed by atoms with Crippen LogP contribution in [-0.2, 0) is 32.6 Å². The fourth-order valence-corrected chi connectivity index (χ4v) is 6.68. The summed E-state index contributed by atoms with van der Waals surface area (Å²) in [5.41, 5.74) is 2.57. The first-order chi connectivity index (χ1) is 22.1. The van der Waals surface area contributed by atoms with Crippen molar-refractivity contribution in [3.63, 3.8) is 0 Å². The number of aryl methyl sites for hydroxylation is 1. The highest BCUT2D eigenvalue weighted by molar-refractivity contribution is 7.92. The number of carbonyl (C=O) groups excluding carboxylic acids is 2. The molecule has 0 aliphatic heterocycles. The summed E-state index contributed by atoms with van der Waals surface area (Å²) in [4.78, 5) is 29.9. The Hall–Kier alpha value is -4.34. The maximum Gasteiger partial charge on any atom is 0.264 e. The molecule has 2 amide bonds. The normalized spacial score (nSPS) is 11.8. The highest BCUT2D eigenvalue weighted by atomic mass is 35.5. The van der Waals surface area contributed by atoms with Crippen LogP contribution in [0.25, 0.3) is 0 Å². The summed E-state index contributed by atoms with van der Waals surface area (Å²) in [7, 11) is -2.81. The molecular formula is C36H40ClN3O5S. The highest BCUT2D eigenvalue weighted by Gasteiger charge is 2.35. The van der Waals surface area contributed by atoms with Gasteiger partial charge in [0, 0.05) is 24.5 Å². The van der Waals surface area contributed by atoms with Crippen molar-refractivity contribution in [3.8, 4) is 5.75 Å². The molecule has 0 heterocycles. The van der Waals surface area contributed by atoms with Crippen molar-refractivity contribution in [2.45, 2.75) is 50.6 Å². The predicted molar refractivity (Wildman–Crippen MR) is 183 cm³/mol. The molecule has 0 unspecified atom stereocenters. The van der Waals surface area contributed by atoms with Crippen molar-refractivity contribution >= 4 is 39.1 Å². The van der Waals surface area contributed by atoms with Gasteiger partial charge >= 0.3 is 0 Å². The van der Waals surface area contributed by atoms with Crippen molar-refractivity contribution in [1.82, 2.24) is 10.2 Å². The molecule has 0 spiro atoms. The van der Waals surface area contributed by atoms with Crippen LogP contribution in [0, 0.1) is 6.92 Å². The van der Waals surface area contributed by atoms with Gasteiger partial charge in [0.25, 0.3) is 10.0 Å². The van der Waals surface area contributed by atoms with Crippen LogP contribution >= 0.6 is 11.6 Å². The summed E-state index contributed by atoms with van der Waals surface area (Å²) in [6.07, 6.45) is 1.88. The van der Waals surface area contributed by atoms with E-state index in [1.807, 2.05) is 44.2 Å². The molecule has 0 saturated heterocycles. The van der Waals surface area contributed by atoms with Crippen molar-refractivity contribution < 1.29 is 22.7 Å². The second kappa shape index (κ2) is 16.3. The van der Waals surface area contributed by atoms with E-state index in [0.717, 1.165) is 28.3 Å². The number of nitrogens with one attached hydrogen (secondary N) is 1. The van der Waals surface area contributed by atoms with E-state index in [1.165, 1.54) is 24.1 Å². The molecule has 4 aromatic carbocycles. The summed E-state index contributed by atoms with van der Waals surface area (Å²) in [5.74, 6) is -0.627. The molecule has 46 heavy (non-hydrogen) atoms. The second-order valence-corrected chi connectivity index (χ2v) is 13.2. The molecule has 0 radical (unpaired) electrons. The standard InChI is InChI=1S/C36H40ClN3O5S/c1-4-5-23-38-36(42)33(24-28-13-7-6-8-14-28)39(25-29-15-9-10-16-31(29)37)35(41)26-40(32-17-11-12-18-34(32)45-3)46(43,44)30-21-19-27(2)20-22-30/h6-22,33H,4-5,23-26H2,1-3H3,(H,38,42)/t33-/m1/s1. The predicted octanol–water partition coefficient (Wildman–Crippen LogP) is 6.41. The maximum atomic E-state index is 14.6. The third-order valence-corrected chi connectivity index (χ3v) is 9.78. The van der Waals surface area contributed by atoms with E-state index < -0.39 is 28.5 Å². The number of rotatable bonds is 15. The third-order valence-electron chi connectivity index (χ3n) is 7.64. The molecule has 8 nitrogen and oxygen atoms in total. The Bertz CT molecular complexity index is 1720. The summed E-state index contributed by atoms with van der Waals surface area (Å²) in [5, 5.41) is 3.42. The van der Waals surface area contributed by atoms with E-state index in [4.69, 9.17) is 16.3 Å². The number of nitrogens with zero attached hydrogens (tertiary/aromatic N) is 2. The monoisotopic (exact) mass is 661 g/mol. The van der Waals surface area contributed by atoms with Gasteiger partial charge in [-0.05, 0) is 54.8 Å². The lowest BCUT2D eigenvalue weighted by molar-refractivity contribution is -0.140. The van der Waals surface area contributed by atoms with E-state index >= 15 is 0 Å². The second-order valence-electron chi connectivity index (χ2n) is 11.0. The lowest BCUT2D eigenvalue weighted by atomic mass is 10.0. The number of amides is 2. The van der Waals surface area contributed by atoms with E-state index in [1.54, 1.807) is 60.7 Å². The average Bonchev–Trinajstić information content (AvgIpc) is 3.06. The number of ether oxygens (including phenoxy) is 1. The van der Waals surface area contributed by atoms with Gasteiger partial charge in [0.15, 0.2) is 0 Å². The summed E-state index contributed by atoms with van der Waals surface area (Å²) in [6.45, 7) is 3.74. The molecule has 242 valence electrons. The average molecular weight is 662 g/mol. The molecule has 1 atom stereocenters. The van der Waals surface area contributed by atoms with Crippen molar-refractivity contribution in [2.75, 3.05) is 24.5 Å². The SMILES string of the molecule is CCCCNC(=O)[C@@H](Cc1ccccc1)N(Cc1ccccc1Cl)C(=O)CN(c1ccccc1OC)S(=O)(=O)c1ccc(C)cc1. The number of methoxy groups -OCH3 is 1. The summed E-state index contributed by atoms with van der Waals surface area (Å²) >= 11 is 6.57. The van der Waals surface area contributed by atoms with Gasteiger partial charge in [-0.3, -0.25) is 13.9 Å². The van der Waals surface area contributed by atoms with Crippen LogP contribution in [0.3, 0.4) is 0 Å². The smallest absolute Gasteiger partial charge is 0.264 e. The zero-order valence-electron chi connectivity index (χ0n) is 26.4. The molecule has 0 bridgehead atoms. The Morgan fingerprint density at radius 1 is 0.891 bits per heavy atom. The van der Waals surface area contributed by atoms with Crippen LogP contribution in [0.1, 0.15) is 36.5 Å². The van der Waals surface area contributed by atoms with Gasteiger partial charge in [0.1, 0.15) is 18.3 Å². The molecule has 0 fully saturated rings. The fourth-order valence-electron chi connectivity index (χ4n) is 5.06. The van der Waals surface area contributed by atoms with E-state index in [0.29, 0.717) is 17.1 Å². The Morgan fingerprint density at radius 3 is 2.22 bits per heavy atom. The first kappa shape index (κ1) is 34.5. The molecule has 0 aromatic heterocycles. The maximum absolute atomic E-state index is 14.6. The van der Waals surface area contributed by atoms with Gasteiger partial charge in [0.2, 0.25) is 11.8 Å². The number of hydrogen-bond donors (Lipinski definition) is 1. The first-order valence-corrected chi connectivity index (χ1v) is 17.0. The van der Waals surface area contributed by atoms with Crippen molar-refractivity contribution in [1.29, 1.82) is 0 Å². The fraction of sp³-hybridized carbons (Fsp3) is 0.278. The number of carbonyl (C=O) groups is 2. The van der Waals surface area contributed by atoms with Crippen molar-refractivity contribution in [3.05, 3.63) is 125 Å². The summed E-state index contributed by atoms with van der Waals surface area (Å²) < 4.78 is 35.1. The molecule has 0 aliphatic carbocycles. The van der Waals surface area contributed by atoms with E-state index in [2.05, 4.69) is 5.32 Å². The van der Waals surface area contributed by atoms with Crippen LogP contribution in [0.5, 0.6) is 5.75 Å². The minimum absolute atomic E-state index is 0.0124. The third kappa shape index (κ3) is 8.68. The van der Waals surface area contributed by atoms with Gasteiger partial charge in [-0.15, -0.1) is 0 Å². The Morgan fingerprint density at radius 2 is 1.54 bits per heavy atom. The van der Waals surface area contributed by atoms with Gasteiger partial charge < -0.3 is 15.0 Å². The highest BCUT2D eigenvalue weighted by Crippen LogP contribution is 2.33. The zero-order valence-corrected chi connectivity index (χ0v) is 27.9. The van der Waals surface area contributed by atoms with E-state index in [9.17, 15) is 18.0 Å². The number of para-hydroxylation sites is 2. The first-order valence-electron chi connectivity index (χ1n) is 15.2. The van der Waals surface area contributed by atoms with Gasteiger partial charge in [-0.1, -0.05) is 103 Å². The molecule has 4 rings (SSSR count). The number of unbranched alkanes of at least 4 members (excludes halogenated alkanes) is 1. The van der Waals surface area contributed by atoms with Gasteiger partial charge in [-0.25, -0.2) is 8.42 Å². The molecule has 4 aromatic rings. The lowest BCUT2D eigenvalue weighted by Gasteiger charge is -2.34. The number of sulfonamides is 1. The van der Waals surface area contributed by atoms with Gasteiger partial charge in [0.05, 0.1) is 17.7 Å². The molecule has 1 N–H and O–H groups in total. The van der Waals surface area contributed by atoms with Crippen LogP contribution in [-0.4, -0.2) is 51.4 Å². The van der Waals surface area contributed by atoms with Crippen LogP contribution in [0.15, 0.2) is 108 Å². The number of benzene rings is 4. The topological polar surface area (TPSA) is 96.0 Å². The Labute approximate surface area is 277 Å². The molecule has 0 aliphatic rings. The van der Waals surface area contributed by atoms with Crippen LogP contribution < -0.4 is 14.4 Å². The minimum atomic E-state index is -4.26. The number of hydrogen-bond acceptors (Lipinski definition) is 5. The minimum Gasteiger partial charge on any atom is -0.495 e. The summed E-state index contributed by atoms with van der Waals surface area (Å²) in [6, 6.07) is 28.6. The number of halogens is 1. The lowest BCUT2D eigenvalue weighted by Crippen LogP contribution is -2.53. The van der Waals surface area contributed by atoms with Crippen LogP contribution in [0.4, 0.5) is 5.69 Å². The Kier molecular flexibility index (Phi) is 12.2. The quantitative estimate of drug-likeness (QED) is 0.149. The largest absolute Gasteiger partial charge is 0.495 e. The Balaban J connectivity index is 1.82. The van der Waals surface area contributed by atoms with E-state index in [-0.39, 0.29) is 35.2 Å². The van der Waals surface area contributed by atoms with Crippen molar-refractivity contribution in [2.24, 2.45) is 0 Å². The zero-order chi connectivity index (χ0) is 33.1.